The predicted octanol–water partition coefficient (Wildman–Crippen LogP) is 3.23. The van der Waals surface area contributed by atoms with Gasteiger partial charge in [0.15, 0.2) is 0 Å². The van der Waals surface area contributed by atoms with E-state index < -0.39 is 0 Å². The van der Waals surface area contributed by atoms with Crippen molar-refractivity contribution in [1.29, 1.82) is 0 Å². The summed E-state index contributed by atoms with van der Waals surface area (Å²) in [5.74, 6) is 0. The third-order valence-corrected chi connectivity index (χ3v) is 3.34. The molecule has 0 unspecified atom stereocenters. The Balaban J connectivity index is 1.69. The van der Waals surface area contributed by atoms with Gasteiger partial charge < -0.3 is 5.32 Å². The molecular weight excluding hydrogens is 246 g/mol. The number of hydrogen-bond acceptors (Lipinski definition) is 3. The molecule has 0 radical (unpaired) electrons. The van der Waals surface area contributed by atoms with E-state index in [1.807, 2.05) is 13.1 Å². The van der Waals surface area contributed by atoms with Crippen LogP contribution in [0.5, 0.6) is 0 Å². The van der Waals surface area contributed by atoms with Crippen LogP contribution in [0, 0.1) is 6.92 Å². The van der Waals surface area contributed by atoms with Gasteiger partial charge in [0.25, 0.3) is 0 Å². The van der Waals surface area contributed by atoms with Crippen LogP contribution in [0.4, 0.5) is 0 Å². The van der Waals surface area contributed by atoms with Gasteiger partial charge in [0.2, 0.25) is 0 Å². The molecule has 0 aliphatic heterocycles. The van der Waals surface area contributed by atoms with Gasteiger partial charge in [-0.2, -0.15) is 0 Å². The molecule has 3 nitrogen and oxygen atoms in total. The van der Waals surface area contributed by atoms with E-state index in [-0.39, 0.29) is 0 Å². The van der Waals surface area contributed by atoms with Gasteiger partial charge in [-0.3, -0.25) is 9.97 Å². The monoisotopic (exact) mass is 263 g/mol. The molecule has 0 bridgehead atoms. The summed E-state index contributed by atoms with van der Waals surface area (Å²) in [5.41, 5.74) is 3.22. The van der Waals surface area contributed by atoms with Gasteiger partial charge in [-0.25, -0.2) is 0 Å². The number of aryl methyl sites for hydroxylation is 1. The van der Waals surface area contributed by atoms with Crippen LogP contribution in [0.15, 0.2) is 54.9 Å². The largest absolute Gasteiger partial charge is 0.307 e. The topological polar surface area (TPSA) is 37.8 Å². The van der Waals surface area contributed by atoms with Gasteiger partial charge in [-0.15, -0.1) is 0 Å². The van der Waals surface area contributed by atoms with E-state index in [4.69, 9.17) is 0 Å². The minimum absolute atomic E-state index is 0.733. The van der Waals surface area contributed by atoms with Crippen LogP contribution in [0.1, 0.15) is 17.0 Å². The molecule has 3 heteroatoms. The van der Waals surface area contributed by atoms with Crippen molar-refractivity contribution in [2.75, 3.05) is 0 Å². The number of aromatic nitrogens is 2. The minimum atomic E-state index is 0.733. The lowest BCUT2D eigenvalue weighted by Gasteiger charge is -2.08. The molecular formula is C17H17N3. The van der Waals surface area contributed by atoms with Crippen LogP contribution in [0.25, 0.3) is 10.8 Å². The van der Waals surface area contributed by atoms with Gasteiger partial charge in [-0.1, -0.05) is 42.5 Å². The molecule has 0 spiro atoms. The predicted molar refractivity (Wildman–Crippen MR) is 81.3 cm³/mol. The quantitative estimate of drug-likeness (QED) is 0.785. The fraction of sp³-hybridized carbons (Fsp3) is 0.176. The molecule has 0 saturated carbocycles. The summed E-state index contributed by atoms with van der Waals surface area (Å²) < 4.78 is 0. The Morgan fingerprint density at radius 2 is 1.75 bits per heavy atom. The number of hydrogen-bond donors (Lipinski definition) is 1. The summed E-state index contributed by atoms with van der Waals surface area (Å²) >= 11 is 0. The molecule has 0 aliphatic rings. The maximum Gasteiger partial charge on any atom is 0.0724 e. The zero-order valence-electron chi connectivity index (χ0n) is 11.5. The average Bonchev–Trinajstić information content (AvgIpc) is 2.49. The van der Waals surface area contributed by atoms with Crippen LogP contribution in [-0.2, 0) is 13.1 Å². The standard InChI is InChI=1S/C17H17N3/c1-13-9-20-16(12-19-13)11-18-10-15-7-4-6-14-5-2-3-8-17(14)15/h2-9,12,18H,10-11H2,1H3. The van der Waals surface area contributed by atoms with Crippen molar-refractivity contribution in [2.45, 2.75) is 20.0 Å². The van der Waals surface area contributed by atoms with E-state index in [0.717, 1.165) is 24.5 Å². The highest BCUT2D eigenvalue weighted by Gasteiger charge is 2.00. The molecule has 2 aromatic carbocycles. The normalized spacial score (nSPS) is 10.8. The molecule has 100 valence electrons. The summed E-state index contributed by atoms with van der Waals surface area (Å²) in [6, 6.07) is 14.9. The molecule has 20 heavy (non-hydrogen) atoms. The number of benzene rings is 2. The lowest BCUT2D eigenvalue weighted by atomic mass is 10.0. The SMILES string of the molecule is Cc1cnc(CNCc2cccc3ccccc23)cn1. The highest BCUT2D eigenvalue weighted by molar-refractivity contribution is 5.85. The number of fused-ring (bicyclic) bond motifs is 1. The van der Waals surface area contributed by atoms with E-state index in [0.29, 0.717) is 0 Å². The fourth-order valence-corrected chi connectivity index (χ4v) is 2.28. The van der Waals surface area contributed by atoms with Crippen LogP contribution < -0.4 is 5.32 Å². The van der Waals surface area contributed by atoms with Crippen LogP contribution >= 0.6 is 0 Å². The molecule has 0 amide bonds. The smallest absolute Gasteiger partial charge is 0.0724 e. The second-order valence-corrected chi connectivity index (χ2v) is 4.89. The summed E-state index contributed by atoms with van der Waals surface area (Å²) in [4.78, 5) is 8.60. The highest BCUT2D eigenvalue weighted by Crippen LogP contribution is 2.18. The lowest BCUT2D eigenvalue weighted by Crippen LogP contribution is -2.14. The van der Waals surface area contributed by atoms with Gasteiger partial charge in [0, 0.05) is 25.5 Å². The van der Waals surface area contributed by atoms with Crippen molar-refractivity contribution in [1.82, 2.24) is 15.3 Å². The Bertz CT molecular complexity index is 700. The van der Waals surface area contributed by atoms with E-state index in [1.54, 1.807) is 6.20 Å². The summed E-state index contributed by atoms with van der Waals surface area (Å²) in [7, 11) is 0. The third kappa shape index (κ3) is 2.83. The van der Waals surface area contributed by atoms with E-state index in [1.165, 1.54) is 16.3 Å². The zero-order chi connectivity index (χ0) is 13.8. The fourth-order valence-electron chi connectivity index (χ4n) is 2.28. The Kier molecular flexibility index (Phi) is 3.70. The van der Waals surface area contributed by atoms with Gasteiger partial charge >= 0.3 is 0 Å². The first kappa shape index (κ1) is 12.8. The molecule has 1 aromatic heterocycles. The highest BCUT2D eigenvalue weighted by atomic mass is 14.9. The van der Waals surface area contributed by atoms with Gasteiger partial charge in [-0.05, 0) is 23.3 Å². The van der Waals surface area contributed by atoms with E-state index in [9.17, 15) is 0 Å². The summed E-state index contributed by atoms with van der Waals surface area (Å²) in [6.07, 6.45) is 3.63. The molecule has 1 N–H and O–H groups in total. The Labute approximate surface area is 118 Å². The van der Waals surface area contributed by atoms with E-state index >= 15 is 0 Å². The molecule has 3 aromatic rings. The average molecular weight is 263 g/mol. The Morgan fingerprint density at radius 3 is 2.60 bits per heavy atom. The van der Waals surface area contributed by atoms with Crippen LogP contribution in [0.3, 0.4) is 0 Å². The molecule has 0 saturated heterocycles. The van der Waals surface area contributed by atoms with Gasteiger partial charge in [0.05, 0.1) is 11.4 Å². The first-order chi connectivity index (χ1) is 9.83. The van der Waals surface area contributed by atoms with E-state index in [2.05, 4.69) is 57.7 Å². The first-order valence-corrected chi connectivity index (χ1v) is 6.78. The summed E-state index contributed by atoms with van der Waals surface area (Å²) in [5, 5.41) is 6.01. The Morgan fingerprint density at radius 1 is 0.900 bits per heavy atom. The number of rotatable bonds is 4. The number of nitrogens with one attached hydrogen (secondary N) is 1. The number of nitrogens with zero attached hydrogens (tertiary/aromatic N) is 2. The van der Waals surface area contributed by atoms with Crippen molar-refractivity contribution in [2.24, 2.45) is 0 Å². The third-order valence-electron chi connectivity index (χ3n) is 3.34. The zero-order valence-corrected chi connectivity index (χ0v) is 11.5. The molecule has 0 fully saturated rings. The second-order valence-electron chi connectivity index (χ2n) is 4.89. The first-order valence-electron chi connectivity index (χ1n) is 6.78. The second kappa shape index (κ2) is 5.80. The minimum Gasteiger partial charge on any atom is -0.307 e. The van der Waals surface area contributed by atoms with Crippen molar-refractivity contribution in [3.05, 3.63) is 71.8 Å². The molecule has 3 rings (SSSR count). The summed E-state index contributed by atoms with van der Waals surface area (Å²) in [6.45, 7) is 3.51. The maximum atomic E-state index is 4.35. The lowest BCUT2D eigenvalue weighted by molar-refractivity contribution is 0.678. The van der Waals surface area contributed by atoms with Gasteiger partial charge in [0.1, 0.15) is 0 Å². The van der Waals surface area contributed by atoms with Crippen LogP contribution in [0.2, 0.25) is 0 Å². The van der Waals surface area contributed by atoms with Crippen molar-refractivity contribution >= 4 is 10.8 Å². The van der Waals surface area contributed by atoms with Crippen LogP contribution in [-0.4, -0.2) is 9.97 Å². The molecule has 1 heterocycles. The Hall–Kier alpha value is -2.26. The van der Waals surface area contributed by atoms with Crippen molar-refractivity contribution in [3.63, 3.8) is 0 Å². The molecule has 0 atom stereocenters. The molecule has 0 aliphatic carbocycles. The van der Waals surface area contributed by atoms with Crippen molar-refractivity contribution < 1.29 is 0 Å². The maximum absolute atomic E-state index is 4.35. The van der Waals surface area contributed by atoms with Crippen molar-refractivity contribution in [3.8, 4) is 0 Å².